The van der Waals surface area contributed by atoms with Crippen molar-refractivity contribution in [1.29, 1.82) is 0 Å². The molecule has 0 aromatic heterocycles. The molecule has 14 heavy (non-hydrogen) atoms. The van der Waals surface area contributed by atoms with E-state index in [1.54, 1.807) is 0 Å². The summed E-state index contributed by atoms with van der Waals surface area (Å²) in [5.41, 5.74) is 0. The molecule has 4 heteroatoms. The number of amides is 1. The minimum absolute atomic E-state index is 0.140. The molecule has 4 nitrogen and oxygen atoms in total. The van der Waals surface area contributed by atoms with E-state index in [4.69, 9.17) is 0 Å². The number of carbonyl (C=O) groups is 1. The molecule has 3 N–H and O–H groups in total. The third-order valence-electron chi connectivity index (χ3n) is 2.60. The minimum atomic E-state index is -0.299. The lowest BCUT2D eigenvalue weighted by Gasteiger charge is -2.17. The van der Waals surface area contributed by atoms with E-state index >= 15 is 0 Å². The molecular formula is C10H20N2O2. The molecule has 2 atom stereocenters. The standard InChI is InChI=1S/C10H20N2O2/c1-7(2)9(13)6-11-5-8-3-4-10(14)12-8/h7-9,11,13H,3-6H2,1-2H3,(H,12,14). The molecule has 82 valence electrons. The van der Waals surface area contributed by atoms with E-state index in [1.165, 1.54) is 0 Å². The van der Waals surface area contributed by atoms with E-state index in [9.17, 15) is 9.90 Å². The van der Waals surface area contributed by atoms with Gasteiger partial charge < -0.3 is 15.7 Å². The number of hydrogen-bond donors (Lipinski definition) is 3. The van der Waals surface area contributed by atoms with Crippen molar-refractivity contribution in [3.63, 3.8) is 0 Å². The summed E-state index contributed by atoms with van der Waals surface area (Å²) in [5.74, 6) is 0.418. The van der Waals surface area contributed by atoms with Crippen molar-refractivity contribution >= 4 is 5.91 Å². The average Bonchev–Trinajstić information content (AvgIpc) is 2.51. The Morgan fingerprint density at radius 2 is 2.36 bits per heavy atom. The van der Waals surface area contributed by atoms with Crippen LogP contribution in [-0.2, 0) is 4.79 Å². The molecule has 1 heterocycles. The van der Waals surface area contributed by atoms with Gasteiger partial charge in [-0.3, -0.25) is 4.79 Å². The van der Waals surface area contributed by atoms with Crippen molar-refractivity contribution in [2.45, 2.75) is 38.8 Å². The number of carbonyl (C=O) groups excluding carboxylic acids is 1. The molecule has 0 aromatic carbocycles. The monoisotopic (exact) mass is 200 g/mol. The first-order valence-corrected chi connectivity index (χ1v) is 5.27. The summed E-state index contributed by atoms with van der Waals surface area (Å²) in [6.45, 7) is 5.34. The maximum Gasteiger partial charge on any atom is 0.220 e. The predicted octanol–water partition coefficient (Wildman–Crippen LogP) is -0.128. The van der Waals surface area contributed by atoms with E-state index < -0.39 is 0 Å². The minimum Gasteiger partial charge on any atom is -0.392 e. The number of aliphatic hydroxyl groups excluding tert-OH is 1. The fraction of sp³-hybridized carbons (Fsp3) is 0.900. The second-order valence-electron chi connectivity index (χ2n) is 4.27. The van der Waals surface area contributed by atoms with Crippen molar-refractivity contribution in [1.82, 2.24) is 10.6 Å². The topological polar surface area (TPSA) is 61.4 Å². The lowest BCUT2D eigenvalue weighted by atomic mass is 10.1. The van der Waals surface area contributed by atoms with Gasteiger partial charge in [0.15, 0.2) is 0 Å². The Morgan fingerprint density at radius 1 is 1.64 bits per heavy atom. The molecular weight excluding hydrogens is 180 g/mol. The number of hydrogen-bond acceptors (Lipinski definition) is 3. The first kappa shape index (κ1) is 11.5. The summed E-state index contributed by atoms with van der Waals surface area (Å²) < 4.78 is 0. The van der Waals surface area contributed by atoms with Crippen molar-refractivity contribution in [2.24, 2.45) is 5.92 Å². The molecule has 1 amide bonds. The summed E-state index contributed by atoms with van der Waals surface area (Å²) in [6, 6.07) is 0.252. The van der Waals surface area contributed by atoms with E-state index in [0.717, 1.165) is 13.0 Å². The Kier molecular flexibility index (Phi) is 4.35. The van der Waals surface area contributed by atoms with E-state index in [-0.39, 0.29) is 24.0 Å². The zero-order valence-electron chi connectivity index (χ0n) is 8.92. The lowest BCUT2D eigenvalue weighted by molar-refractivity contribution is -0.119. The largest absolute Gasteiger partial charge is 0.392 e. The third kappa shape index (κ3) is 3.64. The quantitative estimate of drug-likeness (QED) is 0.579. The van der Waals surface area contributed by atoms with Gasteiger partial charge in [0.2, 0.25) is 5.91 Å². The van der Waals surface area contributed by atoms with Crippen LogP contribution in [0.1, 0.15) is 26.7 Å². The second-order valence-corrected chi connectivity index (χ2v) is 4.27. The molecule has 0 bridgehead atoms. The Morgan fingerprint density at radius 3 is 2.86 bits per heavy atom. The van der Waals surface area contributed by atoms with Crippen LogP contribution in [0.5, 0.6) is 0 Å². The van der Waals surface area contributed by atoms with Crippen LogP contribution < -0.4 is 10.6 Å². The van der Waals surface area contributed by atoms with Crippen LogP contribution in [0.2, 0.25) is 0 Å². The van der Waals surface area contributed by atoms with Gasteiger partial charge in [-0.1, -0.05) is 13.8 Å². The van der Waals surface area contributed by atoms with Gasteiger partial charge in [-0.25, -0.2) is 0 Å². The summed E-state index contributed by atoms with van der Waals surface area (Å²) >= 11 is 0. The highest BCUT2D eigenvalue weighted by Crippen LogP contribution is 2.05. The maximum absolute atomic E-state index is 10.9. The fourth-order valence-corrected chi connectivity index (χ4v) is 1.47. The normalized spacial score (nSPS) is 24.0. The predicted molar refractivity (Wildman–Crippen MR) is 54.9 cm³/mol. The van der Waals surface area contributed by atoms with Crippen LogP contribution in [-0.4, -0.2) is 36.2 Å². The van der Waals surface area contributed by atoms with Crippen LogP contribution in [0.25, 0.3) is 0 Å². The summed E-state index contributed by atoms with van der Waals surface area (Å²) in [5, 5.41) is 15.5. The van der Waals surface area contributed by atoms with E-state index in [1.807, 2.05) is 13.8 Å². The molecule has 0 saturated carbocycles. The summed E-state index contributed by atoms with van der Waals surface area (Å²) in [4.78, 5) is 10.9. The number of rotatable bonds is 5. The molecule has 1 fully saturated rings. The van der Waals surface area contributed by atoms with Gasteiger partial charge in [-0.05, 0) is 12.3 Å². The first-order valence-electron chi connectivity index (χ1n) is 5.27. The first-order chi connectivity index (χ1) is 6.59. The highest BCUT2D eigenvalue weighted by atomic mass is 16.3. The van der Waals surface area contributed by atoms with Gasteiger partial charge in [0.25, 0.3) is 0 Å². The lowest BCUT2D eigenvalue weighted by Crippen LogP contribution is -2.39. The summed E-state index contributed by atoms with van der Waals surface area (Å²) in [6.07, 6.45) is 1.25. The van der Waals surface area contributed by atoms with Gasteiger partial charge in [-0.15, -0.1) is 0 Å². The molecule has 1 aliphatic heterocycles. The Bertz CT molecular complexity index is 195. The Labute approximate surface area is 85.1 Å². The Balaban J connectivity index is 2.07. The number of nitrogens with one attached hydrogen (secondary N) is 2. The highest BCUT2D eigenvalue weighted by molar-refractivity contribution is 5.78. The van der Waals surface area contributed by atoms with Gasteiger partial charge >= 0.3 is 0 Å². The average molecular weight is 200 g/mol. The van der Waals surface area contributed by atoms with Crippen LogP contribution >= 0.6 is 0 Å². The second kappa shape index (κ2) is 5.32. The zero-order valence-corrected chi connectivity index (χ0v) is 8.92. The Hall–Kier alpha value is -0.610. The van der Waals surface area contributed by atoms with Crippen LogP contribution in [0, 0.1) is 5.92 Å². The van der Waals surface area contributed by atoms with Crippen molar-refractivity contribution in [3.8, 4) is 0 Å². The van der Waals surface area contributed by atoms with E-state index in [0.29, 0.717) is 13.0 Å². The molecule has 0 spiro atoms. The molecule has 0 aromatic rings. The fourth-order valence-electron chi connectivity index (χ4n) is 1.47. The van der Waals surface area contributed by atoms with Gasteiger partial charge in [0, 0.05) is 25.6 Å². The van der Waals surface area contributed by atoms with Crippen LogP contribution in [0.15, 0.2) is 0 Å². The van der Waals surface area contributed by atoms with Crippen molar-refractivity contribution in [3.05, 3.63) is 0 Å². The maximum atomic E-state index is 10.9. The van der Waals surface area contributed by atoms with Crippen molar-refractivity contribution in [2.75, 3.05) is 13.1 Å². The smallest absolute Gasteiger partial charge is 0.220 e. The van der Waals surface area contributed by atoms with Crippen LogP contribution in [0.3, 0.4) is 0 Å². The van der Waals surface area contributed by atoms with Gasteiger partial charge in [0.1, 0.15) is 0 Å². The van der Waals surface area contributed by atoms with Gasteiger partial charge in [0.05, 0.1) is 6.10 Å². The summed E-state index contributed by atoms with van der Waals surface area (Å²) in [7, 11) is 0. The molecule has 0 radical (unpaired) electrons. The highest BCUT2D eigenvalue weighted by Gasteiger charge is 2.20. The third-order valence-corrected chi connectivity index (χ3v) is 2.60. The SMILES string of the molecule is CC(C)C(O)CNCC1CCC(=O)N1. The van der Waals surface area contributed by atoms with Crippen molar-refractivity contribution < 1.29 is 9.90 Å². The van der Waals surface area contributed by atoms with E-state index in [2.05, 4.69) is 10.6 Å². The molecule has 1 rings (SSSR count). The zero-order chi connectivity index (χ0) is 10.6. The number of aliphatic hydroxyl groups is 1. The molecule has 1 aliphatic rings. The molecule has 1 saturated heterocycles. The molecule has 2 unspecified atom stereocenters. The van der Waals surface area contributed by atoms with Gasteiger partial charge in [-0.2, -0.15) is 0 Å². The molecule has 0 aliphatic carbocycles. The van der Waals surface area contributed by atoms with Crippen LogP contribution in [0.4, 0.5) is 0 Å².